The molecule has 0 N–H and O–H groups in total. The minimum atomic E-state index is -4.51. The molecule has 0 radical (unpaired) electrons. The van der Waals surface area contributed by atoms with Crippen molar-refractivity contribution >= 4 is 5.82 Å². The van der Waals surface area contributed by atoms with E-state index in [9.17, 15) is 13.2 Å². The van der Waals surface area contributed by atoms with Gasteiger partial charge in [0.2, 0.25) is 5.82 Å². The Morgan fingerprint density at radius 1 is 1.00 bits per heavy atom. The number of alkyl halides is 3. The van der Waals surface area contributed by atoms with Gasteiger partial charge in [0.1, 0.15) is 5.82 Å². The van der Waals surface area contributed by atoms with Gasteiger partial charge in [-0.15, -0.1) is 0 Å². The van der Waals surface area contributed by atoms with Crippen molar-refractivity contribution in [2.24, 2.45) is 0 Å². The maximum Gasteiger partial charge on any atom is 0.451 e. The molecule has 0 amide bonds. The molecule has 6 heteroatoms. The second-order valence-corrected chi connectivity index (χ2v) is 5.76. The smallest absolute Gasteiger partial charge is 0.356 e. The summed E-state index contributed by atoms with van der Waals surface area (Å²) in [6, 6.07) is 11.8. The molecule has 1 saturated heterocycles. The largest absolute Gasteiger partial charge is 0.451 e. The quantitative estimate of drug-likeness (QED) is 0.827. The molecule has 3 nitrogen and oxygen atoms in total. The molecule has 0 bridgehead atoms. The molecular weight excluding hydrogens is 303 g/mol. The SMILES string of the molecule is FC(F)(F)c1nccc(N2CCC[C@H](c3ccccc3)CC2)n1. The van der Waals surface area contributed by atoms with Gasteiger partial charge >= 0.3 is 6.18 Å². The number of nitrogens with zero attached hydrogens (tertiary/aromatic N) is 3. The first-order valence-corrected chi connectivity index (χ1v) is 7.74. The van der Waals surface area contributed by atoms with Crippen LogP contribution in [0.2, 0.25) is 0 Å². The highest BCUT2D eigenvalue weighted by Gasteiger charge is 2.35. The van der Waals surface area contributed by atoms with Gasteiger partial charge in [-0.1, -0.05) is 30.3 Å². The zero-order chi connectivity index (χ0) is 16.3. The fraction of sp³-hybridized carbons (Fsp3) is 0.412. The van der Waals surface area contributed by atoms with Crippen LogP contribution in [0.5, 0.6) is 0 Å². The summed E-state index contributed by atoms with van der Waals surface area (Å²) in [5, 5.41) is 0. The van der Waals surface area contributed by atoms with E-state index in [4.69, 9.17) is 0 Å². The van der Waals surface area contributed by atoms with Crippen molar-refractivity contribution in [3.63, 3.8) is 0 Å². The zero-order valence-electron chi connectivity index (χ0n) is 12.6. The van der Waals surface area contributed by atoms with Crippen molar-refractivity contribution in [2.75, 3.05) is 18.0 Å². The van der Waals surface area contributed by atoms with E-state index in [0.29, 0.717) is 18.3 Å². The maximum atomic E-state index is 12.8. The van der Waals surface area contributed by atoms with Crippen LogP contribution < -0.4 is 4.90 Å². The van der Waals surface area contributed by atoms with Gasteiger partial charge in [0.25, 0.3) is 0 Å². The van der Waals surface area contributed by atoms with Gasteiger partial charge in [-0.05, 0) is 36.8 Å². The molecule has 0 saturated carbocycles. The summed E-state index contributed by atoms with van der Waals surface area (Å²) in [6.07, 6.45) is -0.433. The number of hydrogen-bond acceptors (Lipinski definition) is 3. The van der Waals surface area contributed by atoms with E-state index in [0.717, 1.165) is 25.8 Å². The van der Waals surface area contributed by atoms with Crippen molar-refractivity contribution in [3.05, 3.63) is 54.0 Å². The van der Waals surface area contributed by atoms with Crippen LogP contribution in [-0.2, 0) is 6.18 Å². The molecule has 1 aromatic heterocycles. The summed E-state index contributed by atoms with van der Waals surface area (Å²) in [5.74, 6) is -0.259. The lowest BCUT2D eigenvalue weighted by atomic mass is 9.92. The number of anilines is 1. The van der Waals surface area contributed by atoms with Crippen LogP contribution in [0.1, 0.15) is 36.6 Å². The fourth-order valence-electron chi connectivity index (χ4n) is 3.05. The molecule has 1 aliphatic rings. The minimum Gasteiger partial charge on any atom is -0.356 e. The normalized spacial score (nSPS) is 19.4. The Hall–Kier alpha value is -2.11. The van der Waals surface area contributed by atoms with E-state index in [1.54, 1.807) is 6.07 Å². The third-order valence-electron chi connectivity index (χ3n) is 4.22. The van der Waals surface area contributed by atoms with E-state index in [1.165, 1.54) is 11.8 Å². The molecule has 122 valence electrons. The Labute approximate surface area is 133 Å². The van der Waals surface area contributed by atoms with Crippen LogP contribution in [0.3, 0.4) is 0 Å². The molecule has 1 atom stereocenters. The number of aromatic nitrogens is 2. The number of benzene rings is 1. The number of halogens is 3. The van der Waals surface area contributed by atoms with E-state index in [2.05, 4.69) is 22.1 Å². The summed E-state index contributed by atoms with van der Waals surface area (Å²) < 4.78 is 38.3. The Morgan fingerprint density at radius 3 is 2.52 bits per heavy atom. The first-order chi connectivity index (χ1) is 11.0. The molecule has 0 aliphatic carbocycles. The highest BCUT2D eigenvalue weighted by Crippen LogP contribution is 2.31. The van der Waals surface area contributed by atoms with Crippen molar-refractivity contribution in [1.82, 2.24) is 9.97 Å². The second-order valence-electron chi connectivity index (χ2n) is 5.76. The van der Waals surface area contributed by atoms with Gasteiger partial charge in [0, 0.05) is 19.3 Å². The molecule has 1 fully saturated rings. The molecule has 0 unspecified atom stereocenters. The average Bonchev–Trinajstić information content (AvgIpc) is 2.81. The molecule has 0 spiro atoms. The Balaban J connectivity index is 1.73. The Kier molecular flexibility index (Phi) is 4.50. The summed E-state index contributed by atoms with van der Waals surface area (Å²) in [7, 11) is 0. The Morgan fingerprint density at radius 2 is 1.78 bits per heavy atom. The first kappa shape index (κ1) is 15.8. The second kappa shape index (κ2) is 6.56. The molecule has 2 aromatic rings. The van der Waals surface area contributed by atoms with E-state index in [1.807, 2.05) is 23.1 Å². The average molecular weight is 321 g/mol. The van der Waals surface area contributed by atoms with E-state index >= 15 is 0 Å². The van der Waals surface area contributed by atoms with Crippen LogP contribution in [0.15, 0.2) is 42.6 Å². The lowest BCUT2D eigenvalue weighted by molar-refractivity contribution is -0.144. The van der Waals surface area contributed by atoms with Gasteiger partial charge in [-0.2, -0.15) is 13.2 Å². The summed E-state index contributed by atoms with van der Waals surface area (Å²) in [4.78, 5) is 8.96. The van der Waals surface area contributed by atoms with E-state index < -0.39 is 12.0 Å². The van der Waals surface area contributed by atoms with Crippen LogP contribution in [0, 0.1) is 0 Å². The molecule has 2 heterocycles. The topological polar surface area (TPSA) is 29.0 Å². The van der Waals surface area contributed by atoms with Crippen molar-refractivity contribution < 1.29 is 13.2 Å². The number of rotatable bonds is 2. The maximum absolute atomic E-state index is 12.8. The summed E-state index contributed by atoms with van der Waals surface area (Å²) in [5.41, 5.74) is 1.30. The third kappa shape index (κ3) is 3.81. The third-order valence-corrected chi connectivity index (χ3v) is 4.22. The van der Waals surface area contributed by atoms with Crippen molar-refractivity contribution in [2.45, 2.75) is 31.4 Å². The lowest BCUT2D eigenvalue weighted by Crippen LogP contribution is -2.26. The predicted octanol–water partition coefficient (Wildman–Crippen LogP) is 4.27. The van der Waals surface area contributed by atoms with Crippen LogP contribution in [0.25, 0.3) is 0 Å². The summed E-state index contributed by atoms with van der Waals surface area (Å²) in [6.45, 7) is 1.42. The molecule has 23 heavy (non-hydrogen) atoms. The van der Waals surface area contributed by atoms with Gasteiger partial charge in [-0.25, -0.2) is 9.97 Å². The molecule has 3 rings (SSSR count). The monoisotopic (exact) mass is 321 g/mol. The minimum absolute atomic E-state index is 0.362. The van der Waals surface area contributed by atoms with Crippen LogP contribution >= 0.6 is 0 Å². The van der Waals surface area contributed by atoms with Crippen molar-refractivity contribution in [3.8, 4) is 0 Å². The van der Waals surface area contributed by atoms with Crippen LogP contribution in [0.4, 0.5) is 19.0 Å². The van der Waals surface area contributed by atoms with Crippen LogP contribution in [-0.4, -0.2) is 23.1 Å². The van der Waals surface area contributed by atoms with Gasteiger partial charge in [0.05, 0.1) is 0 Å². The number of hydrogen-bond donors (Lipinski definition) is 0. The highest BCUT2D eigenvalue weighted by atomic mass is 19.4. The van der Waals surface area contributed by atoms with Gasteiger partial charge < -0.3 is 4.90 Å². The standard InChI is InChI=1S/C17H18F3N3/c18-17(19,20)16-21-10-8-15(22-16)23-11-4-7-14(9-12-23)13-5-2-1-3-6-13/h1-3,5-6,8,10,14H,4,7,9,11-12H2/t14-/m0/s1. The van der Waals surface area contributed by atoms with Crippen molar-refractivity contribution in [1.29, 1.82) is 0 Å². The highest BCUT2D eigenvalue weighted by molar-refractivity contribution is 5.38. The molecule has 1 aromatic carbocycles. The van der Waals surface area contributed by atoms with E-state index in [-0.39, 0.29) is 0 Å². The fourth-order valence-corrected chi connectivity index (χ4v) is 3.05. The lowest BCUT2D eigenvalue weighted by Gasteiger charge is -2.22. The first-order valence-electron chi connectivity index (χ1n) is 7.74. The Bertz CT molecular complexity index is 643. The summed E-state index contributed by atoms with van der Waals surface area (Å²) >= 11 is 0. The van der Waals surface area contributed by atoms with Gasteiger partial charge in [0.15, 0.2) is 0 Å². The zero-order valence-corrected chi connectivity index (χ0v) is 12.6. The van der Waals surface area contributed by atoms with Gasteiger partial charge in [-0.3, -0.25) is 0 Å². The molecule has 1 aliphatic heterocycles. The predicted molar refractivity (Wildman–Crippen MR) is 82.3 cm³/mol. The molecular formula is C17H18F3N3.